The highest BCUT2D eigenvalue weighted by atomic mass is 16.6. The Morgan fingerprint density at radius 1 is 0.667 bits per heavy atom. The molecule has 0 bridgehead atoms. The first-order chi connectivity index (χ1) is 21.6. The Hall–Kier alpha value is -2.45. The molecule has 8 nitrogen and oxygen atoms in total. The smallest absolute Gasteiger partial charge is 0.362 e. The lowest BCUT2D eigenvalue weighted by molar-refractivity contribution is -0.887. The van der Waals surface area contributed by atoms with Gasteiger partial charge in [-0.3, -0.25) is 9.59 Å². The minimum Gasteiger partial charge on any atom is -0.477 e. The summed E-state index contributed by atoms with van der Waals surface area (Å²) in [4.78, 5) is 36.6. The molecule has 0 saturated heterocycles. The highest BCUT2D eigenvalue weighted by Gasteiger charge is 2.31. The molecule has 0 heterocycles. The predicted molar refractivity (Wildman–Crippen MR) is 183 cm³/mol. The maximum Gasteiger partial charge on any atom is 0.362 e. The van der Waals surface area contributed by atoms with E-state index in [0.29, 0.717) is 19.3 Å². The number of carboxylic acid groups (broad SMARTS) is 1. The molecule has 0 rings (SSSR count). The molecule has 260 valence electrons. The molecule has 2 unspecified atom stereocenters. The van der Waals surface area contributed by atoms with Crippen molar-refractivity contribution in [2.45, 2.75) is 142 Å². The Bertz CT molecular complexity index is 844. The van der Waals surface area contributed by atoms with E-state index in [9.17, 15) is 19.5 Å². The van der Waals surface area contributed by atoms with Gasteiger partial charge in [0.1, 0.15) is 6.61 Å². The fourth-order valence-corrected chi connectivity index (χ4v) is 4.69. The van der Waals surface area contributed by atoms with Gasteiger partial charge in [-0.1, -0.05) is 95.2 Å². The van der Waals surface area contributed by atoms with Crippen LogP contribution in [0.1, 0.15) is 129 Å². The molecule has 8 heteroatoms. The van der Waals surface area contributed by atoms with Crippen LogP contribution in [0.3, 0.4) is 0 Å². The molecule has 45 heavy (non-hydrogen) atoms. The van der Waals surface area contributed by atoms with E-state index < -0.39 is 18.1 Å². The van der Waals surface area contributed by atoms with Crippen molar-refractivity contribution in [1.82, 2.24) is 0 Å². The van der Waals surface area contributed by atoms with Crippen molar-refractivity contribution in [3.63, 3.8) is 0 Å². The number of aliphatic carboxylic acids is 1. The van der Waals surface area contributed by atoms with Crippen LogP contribution in [0, 0.1) is 0 Å². The van der Waals surface area contributed by atoms with E-state index in [0.717, 1.165) is 70.6 Å². The molecule has 0 aromatic carbocycles. The van der Waals surface area contributed by atoms with Crippen molar-refractivity contribution in [3.8, 4) is 0 Å². The third-order valence-electron chi connectivity index (χ3n) is 7.54. The zero-order chi connectivity index (χ0) is 33.6. The van der Waals surface area contributed by atoms with E-state index in [4.69, 9.17) is 14.2 Å². The Morgan fingerprint density at radius 3 is 1.76 bits per heavy atom. The van der Waals surface area contributed by atoms with Gasteiger partial charge in [0, 0.05) is 19.3 Å². The fourth-order valence-electron chi connectivity index (χ4n) is 4.69. The van der Waals surface area contributed by atoms with Crippen LogP contribution < -0.4 is 0 Å². The average Bonchev–Trinajstić information content (AvgIpc) is 2.98. The zero-order valence-electron chi connectivity index (χ0n) is 29.3. The van der Waals surface area contributed by atoms with Gasteiger partial charge >= 0.3 is 17.9 Å². The van der Waals surface area contributed by atoms with Crippen LogP contribution in [0.5, 0.6) is 0 Å². The molecule has 0 aromatic rings. The van der Waals surface area contributed by atoms with Crippen LogP contribution in [0.25, 0.3) is 0 Å². The van der Waals surface area contributed by atoms with Gasteiger partial charge in [-0.05, 0) is 51.4 Å². The number of unbranched alkanes of at least 4 members (excludes halogenated alkanes) is 11. The molecular formula is C37H66NO7+. The monoisotopic (exact) mass is 636 g/mol. The molecule has 2 atom stereocenters. The molecule has 0 aliphatic heterocycles. The van der Waals surface area contributed by atoms with Crippen molar-refractivity contribution in [2.24, 2.45) is 0 Å². The second kappa shape index (κ2) is 29.0. The molecule has 0 spiro atoms. The highest BCUT2D eigenvalue weighted by molar-refractivity contribution is 5.72. The Labute approximate surface area is 274 Å². The Morgan fingerprint density at radius 2 is 1.18 bits per heavy atom. The molecule has 0 saturated carbocycles. The summed E-state index contributed by atoms with van der Waals surface area (Å²) in [5.41, 5.74) is 0. The lowest BCUT2D eigenvalue weighted by Gasteiger charge is -2.31. The van der Waals surface area contributed by atoms with Crippen LogP contribution in [-0.4, -0.2) is 80.6 Å². The van der Waals surface area contributed by atoms with Gasteiger partial charge < -0.3 is 23.8 Å². The van der Waals surface area contributed by atoms with E-state index >= 15 is 0 Å². The van der Waals surface area contributed by atoms with Crippen molar-refractivity contribution in [2.75, 3.05) is 41.0 Å². The fraction of sp³-hybridized carbons (Fsp3) is 0.757. The topological polar surface area (TPSA) is 99.1 Å². The number of ether oxygens (including phenoxy) is 3. The number of allylic oxidation sites excluding steroid dienone is 6. The summed E-state index contributed by atoms with van der Waals surface area (Å²) < 4.78 is 17.1. The first kappa shape index (κ1) is 42.6. The van der Waals surface area contributed by atoms with E-state index in [1.54, 1.807) is 0 Å². The number of carboxylic acids is 1. The van der Waals surface area contributed by atoms with Gasteiger partial charge in [0.25, 0.3) is 0 Å². The van der Waals surface area contributed by atoms with Gasteiger partial charge in [-0.15, -0.1) is 0 Å². The van der Waals surface area contributed by atoms with Gasteiger partial charge in [0.2, 0.25) is 0 Å². The summed E-state index contributed by atoms with van der Waals surface area (Å²) in [5.74, 6) is -1.53. The summed E-state index contributed by atoms with van der Waals surface area (Å²) in [7, 11) is 5.49. The first-order valence-corrected chi connectivity index (χ1v) is 17.5. The number of esters is 2. The summed E-state index contributed by atoms with van der Waals surface area (Å²) in [6.45, 7) is 4.56. The van der Waals surface area contributed by atoms with Crippen LogP contribution >= 0.6 is 0 Å². The van der Waals surface area contributed by atoms with Crippen molar-refractivity contribution in [3.05, 3.63) is 36.5 Å². The van der Waals surface area contributed by atoms with Gasteiger partial charge in [-0.2, -0.15) is 0 Å². The molecule has 0 aromatic heterocycles. The van der Waals surface area contributed by atoms with E-state index in [-0.39, 0.29) is 36.2 Å². The third-order valence-corrected chi connectivity index (χ3v) is 7.54. The SMILES string of the molecule is CCCC/C=C/C=C/CCCCCC(=O)OC(COCCC(C(=O)O)[N+](C)(C)C)COC(=O)CCCCCC/C=C/CCCC. The molecule has 0 aliphatic rings. The number of quaternary nitrogens is 1. The summed E-state index contributed by atoms with van der Waals surface area (Å²) in [6.07, 6.45) is 29.1. The highest BCUT2D eigenvalue weighted by Crippen LogP contribution is 2.12. The molecule has 0 radical (unpaired) electrons. The number of carbonyl (C=O) groups excluding carboxylic acids is 2. The maximum absolute atomic E-state index is 12.6. The third kappa shape index (κ3) is 27.6. The quantitative estimate of drug-likeness (QED) is 0.0278. The normalized spacial score (nSPS) is 13.5. The average molecular weight is 637 g/mol. The number of likely N-dealkylation sites (N-methyl/N-ethyl adjacent to an activating group) is 1. The van der Waals surface area contributed by atoms with Crippen molar-refractivity contribution >= 4 is 17.9 Å². The van der Waals surface area contributed by atoms with Gasteiger partial charge in [0.15, 0.2) is 12.1 Å². The summed E-state index contributed by atoms with van der Waals surface area (Å²) >= 11 is 0. The van der Waals surface area contributed by atoms with Crippen LogP contribution in [0.15, 0.2) is 36.5 Å². The second-order valence-electron chi connectivity index (χ2n) is 12.8. The van der Waals surface area contributed by atoms with E-state index in [2.05, 4.69) is 50.3 Å². The zero-order valence-corrected chi connectivity index (χ0v) is 29.3. The standard InChI is InChI=1S/C37H65NO7/c1-6-8-10-12-14-16-18-20-22-24-26-28-36(40)45-33(31-43-30-29-34(37(41)42)38(3,4)5)32-44-35(39)27-25-23-21-19-17-15-13-11-9-7-2/h12-16,18,33-34H,6-11,17,19-32H2,1-5H3/p+1/b14-12+,15-13+,18-16+. The molecule has 0 aliphatic carbocycles. The van der Waals surface area contributed by atoms with E-state index in [1.807, 2.05) is 21.1 Å². The minimum absolute atomic E-state index is 0.0465. The molecular weight excluding hydrogens is 570 g/mol. The van der Waals surface area contributed by atoms with E-state index in [1.165, 1.54) is 25.7 Å². The second-order valence-corrected chi connectivity index (χ2v) is 12.8. The number of rotatable bonds is 30. The number of nitrogens with zero attached hydrogens (tertiary/aromatic N) is 1. The van der Waals surface area contributed by atoms with Crippen molar-refractivity contribution < 1.29 is 38.2 Å². The number of hydrogen-bond acceptors (Lipinski definition) is 6. The number of hydrogen-bond donors (Lipinski definition) is 1. The predicted octanol–water partition coefficient (Wildman–Crippen LogP) is 8.35. The molecule has 0 fully saturated rings. The summed E-state index contributed by atoms with van der Waals surface area (Å²) in [6, 6.07) is -0.618. The van der Waals surface area contributed by atoms with Crippen LogP contribution in [0.2, 0.25) is 0 Å². The van der Waals surface area contributed by atoms with Crippen molar-refractivity contribution in [1.29, 1.82) is 0 Å². The number of carbonyl (C=O) groups is 3. The van der Waals surface area contributed by atoms with Gasteiger partial charge in [-0.25, -0.2) is 4.79 Å². The minimum atomic E-state index is -0.884. The summed E-state index contributed by atoms with van der Waals surface area (Å²) in [5, 5.41) is 9.55. The maximum atomic E-state index is 12.6. The van der Waals surface area contributed by atoms with Crippen LogP contribution in [0.4, 0.5) is 0 Å². The molecule has 1 N–H and O–H groups in total. The first-order valence-electron chi connectivity index (χ1n) is 17.5. The molecule has 0 amide bonds. The largest absolute Gasteiger partial charge is 0.477 e. The van der Waals surface area contributed by atoms with Crippen LogP contribution in [-0.2, 0) is 28.6 Å². The van der Waals surface area contributed by atoms with Gasteiger partial charge in [0.05, 0.1) is 34.4 Å². The Balaban J connectivity index is 4.55. The lowest BCUT2D eigenvalue weighted by atomic mass is 10.1. The Kier molecular flexibility index (Phi) is 27.4. The lowest BCUT2D eigenvalue weighted by Crippen LogP contribution is -2.50.